The zero-order valence-corrected chi connectivity index (χ0v) is 11.6. The number of benzene rings is 1. The quantitative estimate of drug-likeness (QED) is 0.860. The van der Waals surface area contributed by atoms with Gasteiger partial charge in [0.1, 0.15) is 0 Å². The van der Waals surface area contributed by atoms with Crippen molar-refractivity contribution in [3.05, 3.63) is 36.1 Å². The number of allylic oxidation sites excluding steroid dienone is 1. The van der Waals surface area contributed by atoms with Crippen molar-refractivity contribution in [2.45, 2.75) is 12.8 Å². The van der Waals surface area contributed by atoms with Gasteiger partial charge >= 0.3 is 0 Å². The molecule has 1 aromatic carbocycles. The minimum Gasteiger partial charge on any atom is -0.488 e. The Morgan fingerprint density at radius 1 is 1.40 bits per heavy atom. The average Bonchev–Trinajstić information content (AvgIpc) is 2.49. The molecule has 0 spiro atoms. The van der Waals surface area contributed by atoms with E-state index in [9.17, 15) is 4.79 Å². The number of carbonyl (C=O) groups is 1. The van der Waals surface area contributed by atoms with Crippen molar-refractivity contribution in [2.75, 3.05) is 37.0 Å². The van der Waals surface area contributed by atoms with Crippen LogP contribution in [0.2, 0.25) is 0 Å². The Hall–Kier alpha value is -2.01. The van der Waals surface area contributed by atoms with Crippen molar-refractivity contribution in [1.29, 1.82) is 0 Å². The summed E-state index contributed by atoms with van der Waals surface area (Å²) in [6.07, 6.45) is 3.67. The van der Waals surface area contributed by atoms with Crippen LogP contribution in [0.1, 0.15) is 12.8 Å². The highest BCUT2D eigenvalue weighted by Gasteiger charge is 2.13. The molecule has 0 bridgehead atoms. The fourth-order valence-corrected chi connectivity index (χ4v) is 1.99. The first kappa shape index (κ1) is 14.4. The zero-order chi connectivity index (χ0) is 14.4. The SMILES string of the molecule is CN(CCO)c1ccc(NC(=O)C2=CCCCO2)cc1. The van der Waals surface area contributed by atoms with E-state index in [4.69, 9.17) is 9.84 Å². The summed E-state index contributed by atoms with van der Waals surface area (Å²) < 4.78 is 5.32. The normalized spacial score (nSPS) is 14.2. The second-order valence-electron chi connectivity index (χ2n) is 4.71. The molecule has 5 heteroatoms. The molecule has 0 aromatic heterocycles. The van der Waals surface area contributed by atoms with Gasteiger partial charge in [0, 0.05) is 25.0 Å². The van der Waals surface area contributed by atoms with Crippen LogP contribution in [0.3, 0.4) is 0 Å². The van der Waals surface area contributed by atoms with E-state index in [1.807, 2.05) is 42.3 Å². The summed E-state index contributed by atoms with van der Waals surface area (Å²) in [5.74, 6) is 0.193. The van der Waals surface area contributed by atoms with Gasteiger partial charge in [0.2, 0.25) is 0 Å². The molecule has 1 amide bonds. The van der Waals surface area contributed by atoms with Gasteiger partial charge in [-0.15, -0.1) is 0 Å². The molecule has 108 valence electrons. The van der Waals surface area contributed by atoms with Gasteiger partial charge < -0.3 is 20.1 Å². The Labute approximate surface area is 118 Å². The highest BCUT2D eigenvalue weighted by molar-refractivity contribution is 6.02. The number of nitrogens with one attached hydrogen (secondary N) is 1. The van der Waals surface area contributed by atoms with Gasteiger partial charge in [-0.3, -0.25) is 4.79 Å². The smallest absolute Gasteiger partial charge is 0.290 e. The number of nitrogens with zero attached hydrogens (tertiary/aromatic N) is 1. The summed E-state index contributed by atoms with van der Waals surface area (Å²) >= 11 is 0. The van der Waals surface area contributed by atoms with Crippen LogP contribution in [-0.4, -0.2) is 37.8 Å². The van der Waals surface area contributed by atoms with Crippen LogP contribution in [0.4, 0.5) is 11.4 Å². The van der Waals surface area contributed by atoms with Crippen LogP contribution in [0, 0.1) is 0 Å². The number of anilines is 2. The maximum absolute atomic E-state index is 11.9. The van der Waals surface area contributed by atoms with Gasteiger partial charge in [-0.1, -0.05) is 0 Å². The zero-order valence-electron chi connectivity index (χ0n) is 11.6. The van der Waals surface area contributed by atoms with Gasteiger partial charge in [0.05, 0.1) is 13.2 Å². The minimum atomic E-state index is -0.207. The monoisotopic (exact) mass is 276 g/mol. The van der Waals surface area contributed by atoms with E-state index in [0.29, 0.717) is 18.9 Å². The molecular formula is C15H20N2O3. The van der Waals surface area contributed by atoms with Crippen molar-refractivity contribution in [1.82, 2.24) is 0 Å². The summed E-state index contributed by atoms with van der Waals surface area (Å²) in [6, 6.07) is 7.48. The van der Waals surface area contributed by atoms with Crippen LogP contribution in [-0.2, 0) is 9.53 Å². The van der Waals surface area contributed by atoms with Gasteiger partial charge in [-0.2, -0.15) is 0 Å². The molecule has 0 atom stereocenters. The molecule has 2 rings (SSSR count). The van der Waals surface area contributed by atoms with Crippen LogP contribution in [0.25, 0.3) is 0 Å². The summed E-state index contributed by atoms with van der Waals surface area (Å²) in [6.45, 7) is 1.29. The second kappa shape index (κ2) is 6.96. The maximum atomic E-state index is 11.9. The predicted molar refractivity (Wildman–Crippen MR) is 78.7 cm³/mol. The van der Waals surface area contributed by atoms with E-state index in [1.54, 1.807) is 0 Å². The van der Waals surface area contributed by atoms with Crippen molar-refractivity contribution >= 4 is 17.3 Å². The lowest BCUT2D eigenvalue weighted by molar-refractivity contribution is -0.116. The van der Waals surface area contributed by atoms with Crippen molar-refractivity contribution < 1.29 is 14.6 Å². The highest BCUT2D eigenvalue weighted by atomic mass is 16.5. The number of likely N-dealkylation sites (N-methyl/N-ethyl adjacent to an activating group) is 1. The third-order valence-corrected chi connectivity index (χ3v) is 3.16. The number of amides is 1. The molecule has 2 N–H and O–H groups in total. The van der Waals surface area contributed by atoms with Crippen LogP contribution in [0.5, 0.6) is 0 Å². The van der Waals surface area contributed by atoms with Crippen molar-refractivity contribution in [2.24, 2.45) is 0 Å². The van der Waals surface area contributed by atoms with E-state index in [2.05, 4.69) is 5.32 Å². The molecule has 0 aliphatic carbocycles. The number of carbonyl (C=O) groups excluding carboxylic acids is 1. The molecule has 0 saturated heterocycles. The molecule has 0 radical (unpaired) electrons. The maximum Gasteiger partial charge on any atom is 0.290 e. The summed E-state index contributed by atoms with van der Waals surface area (Å²) in [5, 5.41) is 11.7. The van der Waals surface area contributed by atoms with Gasteiger partial charge in [0.15, 0.2) is 5.76 Å². The number of aliphatic hydroxyl groups is 1. The molecule has 0 saturated carbocycles. The Morgan fingerprint density at radius 3 is 2.75 bits per heavy atom. The fourth-order valence-electron chi connectivity index (χ4n) is 1.99. The molecule has 1 aromatic rings. The van der Waals surface area contributed by atoms with E-state index >= 15 is 0 Å². The summed E-state index contributed by atoms with van der Waals surface area (Å²) in [5.41, 5.74) is 1.72. The first-order chi connectivity index (χ1) is 9.70. The van der Waals surface area contributed by atoms with Gasteiger partial charge in [-0.25, -0.2) is 0 Å². The number of hydrogen-bond donors (Lipinski definition) is 2. The summed E-state index contributed by atoms with van der Waals surface area (Å²) in [7, 11) is 1.91. The largest absolute Gasteiger partial charge is 0.488 e. The molecule has 20 heavy (non-hydrogen) atoms. The molecule has 0 unspecified atom stereocenters. The van der Waals surface area contributed by atoms with Gasteiger partial charge in [0.25, 0.3) is 5.91 Å². The van der Waals surface area contributed by atoms with Crippen molar-refractivity contribution in [3.63, 3.8) is 0 Å². The van der Waals surface area contributed by atoms with Gasteiger partial charge in [-0.05, 0) is 43.2 Å². The number of aliphatic hydroxyl groups excluding tert-OH is 1. The fraction of sp³-hybridized carbons (Fsp3) is 0.400. The molecule has 0 fully saturated rings. The third-order valence-electron chi connectivity index (χ3n) is 3.16. The molecule has 5 nitrogen and oxygen atoms in total. The minimum absolute atomic E-state index is 0.112. The first-order valence-corrected chi connectivity index (χ1v) is 6.77. The van der Waals surface area contributed by atoms with E-state index in [0.717, 1.165) is 24.2 Å². The number of ether oxygens (including phenoxy) is 1. The van der Waals surface area contributed by atoms with Crippen LogP contribution < -0.4 is 10.2 Å². The Balaban J connectivity index is 1.96. The standard InChI is InChI=1S/C15H20N2O3/c1-17(9-10-18)13-7-5-12(6-8-13)16-15(19)14-4-2-3-11-20-14/h4-8,18H,2-3,9-11H2,1H3,(H,16,19). The highest BCUT2D eigenvalue weighted by Crippen LogP contribution is 2.18. The molecular weight excluding hydrogens is 256 g/mol. The topological polar surface area (TPSA) is 61.8 Å². The Bertz CT molecular complexity index is 482. The van der Waals surface area contributed by atoms with E-state index < -0.39 is 0 Å². The number of rotatable bonds is 5. The lowest BCUT2D eigenvalue weighted by atomic mass is 10.2. The van der Waals surface area contributed by atoms with Crippen LogP contribution in [0.15, 0.2) is 36.1 Å². The van der Waals surface area contributed by atoms with Crippen molar-refractivity contribution in [3.8, 4) is 0 Å². The van der Waals surface area contributed by atoms with E-state index in [1.165, 1.54) is 0 Å². The molecule has 1 heterocycles. The lowest BCUT2D eigenvalue weighted by Crippen LogP contribution is -2.21. The predicted octanol–water partition coefficient (Wildman–Crippen LogP) is 1.75. The average molecular weight is 276 g/mol. The van der Waals surface area contributed by atoms with E-state index in [-0.39, 0.29) is 12.5 Å². The second-order valence-corrected chi connectivity index (χ2v) is 4.71. The Kier molecular flexibility index (Phi) is 5.01. The summed E-state index contributed by atoms with van der Waals surface area (Å²) in [4.78, 5) is 13.9. The van der Waals surface area contributed by atoms with Crippen LogP contribution >= 0.6 is 0 Å². The lowest BCUT2D eigenvalue weighted by Gasteiger charge is -2.18. The number of hydrogen-bond acceptors (Lipinski definition) is 4. The Morgan fingerprint density at radius 2 is 2.15 bits per heavy atom. The molecule has 1 aliphatic rings. The molecule has 1 aliphatic heterocycles. The third kappa shape index (κ3) is 3.74. The first-order valence-electron chi connectivity index (χ1n) is 6.77.